The van der Waals surface area contributed by atoms with E-state index in [1.165, 1.54) is 7.11 Å². The number of aryl methyl sites for hydroxylation is 2. The number of hydrogen-bond donors (Lipinski definition) is 1. The molecule has 2 aromatic carbocycles. The molecule has 0 aliphatic carbocycles. The van der Waals surface area contributed by atoms with Crippen LogP contribution in [0.25, 0.3) is 0 Å². The second-order valence-electron chi connectivity index (χ2n) is 8.00. The largest absolute Gasteiger partial charge is 0.465 e. The van der Waals surface area contributed by atoms with E-state index in [0.29, 0.717) is 24.2 Å². The summed E-state index contributed by atoms with van der Waals surface area (Å²) in [4.78, 5) is 39.9. The minimum absolute atomic E-state index is 0.00183. The van der Waals surface area contributed by atoms with Gasteiger partial charge in [0.2, 0.25) is 5.91 Å². The van der Waals surface area contributed by atoms with Crippen LogP contribution in [0.1, 0.15) is 53.7 Å². The van der Waals surface area contributed by atoms with Crippen LogP contribution in [-0.2, 0) is 25.7 Å². The van der Waals surface area contributed by atoms with Crippen molar-refractivity contribution >= 4 is 23.5 Å². The fraction of sp³-hybridized carbons (Fsp3) is 0.423. The Bertz CT molecular complexity index is 959. The normalized spacial score (nSPS) is 11.7. The van der Waals surface area contributed by atoms with Gasteiger partial charge in [0.15, 0.2) is 0 Å². The molecule has 7 heteroatoms. The zero-order chi connectivity index (χ0) is 24.4. The predicted molar refractivity (Wildman–Crippen MR) is 128 cm³/mol. The second kappa shape index (κ2) is 12.7. The van der Waals surface area contributed by atoms with Gasteiger partial charge in [-0.1, -0.05) is 56.7 Å². The van der Waals surface area contributed by atoms with Crippen molar-refractivity contribution in [1.29, 1.82) is 0 Å². The van der Waals surface area contributed by atoms with E-state index >= 15 is 0 Å². The molecule has 1 N–H and O–H groups in total. The third-order valence-electron chi connectivity index (χ3n) is 5.42. The minimum atomic E-state index is -0.546. The number of ether oxygens (including phenoxy) is 2. The molecular formula is C26H34N2O5. The maximum Gasteiger partial charge on any atom is 0.339 e. The van der Waals surface area contributed by atoms with Gasteiger partial charge in [0.1, 0.15) is 6.61 Å². The molecule has 0 aromatic heterocycles. The summed E-state index contributed by atoms with van der Waals surface area (Å²) in [5, 5.41) is 2.92. The second-order valence-corrected chi connectivity index (χ2v) is 8.00. The van der Waals surface area contributed by atoms with Crippen LogP contribution < -0.4 is 5.32 Å². The lowest BCUT2D eigenvalue weighted by atomic mass is 10.0. The van der Waals surface area contributed by atoms with Crippen LogP contribution in [0.5, 0.6) is 0 Å². The third-order valence-corrected chi connectivity index (χ3v) is 5.42. The van der Waals surface area contributed by atoms with Crippen molar-refractivity contribution in [3.8, 4) is 0 Å². The van der Waals surface area contributed by atoms with Crippen LogP contribution in [0, 0.1) is 13.8 Å². The van der Waals surface area contributed by atoms with Gasteiger partial charge >= 0.3 is 11.9 Å². The number of carbonyl (C=O) groups excluding carboxylic acids is 3. The van der Waals surface area contributed by atoms with Gasteiger partial charge in [0.25, 0.3) is 0 Å². The molecule has 0 aliphatic heterocycles. The van der Waals surface area contributed by atoms with Gasteiger partial charge in [-0.2, -0.15) is 0 Å². The predicted octanol–water partition coefficient (Wildman–Crippen LogP) is 4.26. The monoisotopic (exact) mass is 454 g/mol. The summed E-state index contributed by atoms with van der Waals surface area (Å²) in [6, 6.07) is 12.5. The Hall–Kier alpha value is -3.19. The van der Waals surface area contributed by atoms with E-state index in [1.54, 1.807) is 11.0 Å². The summed E-state index contributed by atoms with van der Waals surface area (Å²) >= 11 is 0. The molecule has 0 saturated carbocycles. The van der Waals surface area contributed by atoms with E-state index in [9.17, 15) is 14.4 Å². The Morgan fingerprint density at radius 3 is 2.36 bits per heavy atom. The maximum absolute atomic E-state index is 13.3. The number of nitrogens with zero attached hydrogens (tertiary/aromatic N) is 1. The highest BCUT2D eigenvalue weighted by molar-refractivity contribution is 6.04. The van der Waals surface area contributed by atoms with E-state index in [-0.39, 0.29) is 19.1 Å². The molecule has 0 aliphatic rings. The molecule has 1 atom stereocenters. The molecule has 1 unspecified atom stereocenters. The van der Waals surface area contributed by atoms with Crippen molar-refractivity contribution < 1.29 is 23.9 Å². The van der Waals surface area contributed by atoms with E-state index in [2.05, 4.69) is 5.32 Å². The smallest absolute Gasteiger partial charge is 0.339 e. The average molecular weight is 455 g/mol. The van der Waals surface area contributed by atoms with E-state index in [0.717, 1.165) is 23.1 Å². The van der Waals surface area contributed by atoms with Crippen molar-refractivity contribution in [2.24, 2.45) is 0 Å². The first kappa shape index (κ1) is 26.1. The Kier molecular flexibility index (Phi) is 10.1. The lowest BCUT2D eigenvalue weighted by molar-refractivity contribution is -0.147. The Morgan fingerprint density at radius 1 is 1.06 bits per heavy atom. The van der Waals surface area contributed by atoms with Crippen molar-refractivity contribution in [3.63, 3.8) is 0 Å². The first-order valence-electron chi connectivity index (χ1n) is 11.2. The Labute approximate surface area is 196 Å². The van der Waals surface area contributed by atoms with Gasteiger partial charge in [-0.05, 0) is 49.6 Å². The molecule has 7 nitrogen and oxygen atoms in total. The fourth-order valence-electron chi connectivity index (χ4n) is 3.76. The number of esters is 2. The Balaban J connectivity index is 2.16. The first-order chi connectivity index (χ1) is 15.8. The lowest BCUT2D eigenvalue weighted by Crippen LogP contribution is -2.46. The average Bonchev–Trinajstić information content (AvgIpc) is 2.81. The first-order valence-corrected chi connectivity index (χ1v) is 11.2. The van der Waals surface area contributed by atoms with Gasteiger partial charge in [-0.3, -0.25) is 14.5 Å². The lowest BCUT2D eigenvalue weighted by Gasteiger charge is -2.29. The molecule has 2 aromatic rings. The number of benzene rings is 2. The van der Waals surface area contributed by atoms with Crippen LogP contribution in [0.3, 0.4) is 0 Å². The molecule has 0 saturated heterocycles. The number of carbonyl (C=O) groups is 3. The van der Waals surface area contributed by atoms with Crippen LogP contribution in [-0.4, -0.2) is 49.0 Å². The molecule has 0 bridgehead atoms. The van der Waals surface area contributed by atoms with Crippen LogP contribution in [0.4, 0.5) is 5.69 Å². The molecule has 33 heavy (non-hydrogen) atoms. The van der Waals surface area contributed by atoms with Crippen LogP contribution >= 0.6 is 0 Å². The van der Waals surface area contributed by atoms with Crippen molar-refractivity contribution in [1.82, 2.24) is 4.90 Å². The van der Waals surface area contributed by atoms with Gasteiger partial charge in [0, 0.05) is 0 Å². The molecule has 0 spiro atoms. The number of likely N-dealkylation sites (N-methyl/N-ethyl adjacent to an activating group) is 1. The van der Waals surface area contributed by atoms with E-state index in [4.69, 9.17) is 9.47 Å². The molecular weight excluding hydrogens is 420 g/mol. The highest BCUT2D eigenvalue weighted by atomic mass is 16.5. The summed E-state index contributed by atoms with van der Waals surface area (Å²) in [6.45, 7) is 8.28. The molecule has 0 fully saturated rings. The maximum atomic E-state index is 13.3. The zero-order valence-electron chi connectivity index (χ0n) is 20.1. The van der Waals surface area contributed by atoms with Gasteiger partial charge < -0.3 is 14.8 Å². The van der Waals surface area contributed by atoms with E-state index < -0.39 is 18.0 Å². The quantitative estimate of drug-likeness (QED) is 0.511. The van der Waals surface area contributed by atoms with Crippen molar-refractivity contribution in [3.05, 3.63) is 64.7 Å². The molecule has 178 valence electrons. The van der Waals surface area contributed by atoms with Gasteiger partial charge in [-0.25, -0.2) is 4.79 Å². The summed E-state index contributed by atoms with van der Waals surface area (Å²) in [5.74, 6) is -1.18. The number of nitrogens with one attached hydrogen (secondary N) is 1. The number of methoxy groups -OCH3 is 1. The number of anilines is 1. The minimum Gasteiger partial charge on any atom is -0.465 e. The number of hydrogen-bond acceptors (Lipinski definition) is 6. The van der Waals surface area contributed by atoms with Crippen LogP contribution in [0.2, 0.25) is 0 Å². The van der Waals surface area contributed by atoms with Gasteiger partial charge in [-0.15, -0.1) is 0 Å². The summed E-state index contributed by atoms with van der Waals surface area (Å²) in [5.41, 5.74) is 3.31. The summed E-state index contributed by atoms with van der Waals surface area (Å²) in [6.07, 6.45) is 1.31. The molecule has 0 heterocycles. The molecule has 2 rings (SSSR count). The van der Waals surface area contributed by atoms with Gasteiger partial charge in [0.05, 0.1) is 30.9 Å². The summed E-state index contributed by atoms with van der Waals surface area (Å²) in [7, 11) is 1.31. The highest BCUT2D eigenvalue weighted by Crippen LogP contribution is 2.25. The third kappa shape index (κ3) is 7.43. The molecule has 0 radical (unpaired) electrons. The topological polar surface area (TPSA) is 84.9 Å². The van der Waals surface area contributed by atoms with E-state index in [1.807, 2.05) is 64.1 Å². The zero-order valence-corrected chi connectivity index (χ0v) is 20.1. The van der Waals surface area contributed by atoms with Crippen LogP contribution in [0.15, 0.2) is 42.5 Å². The number of rotatable bonds is 11. The molecule has 1 amide bonds. The standard InChI is InChI=1S/C26H34N2O5/c1-6-11-22(28(7-2)16-23(29)33-17-20-12-9-8-10-13-20)25(30)27-24-19(4)14-18(3)15-21(24)26(31)32-5/h8-10,12-15,22H,6-7,11,16-17H2,1-5H3,(H,27,30). The summed E-state index contributed by atoms with van der Waals surface area (Å²) < 4.78 is 10.3. The van der Waals surface area contributed by atoms with Crippen molar-refractivity contribution in [2.45, 2.75) is 53.2 Å². The SMILES string of the molecule is CCCC(C(=O)Nc1c(C)cc(C)cc1C(=O)OC)N(CC)CC(=O)OCc1ccccc1. The fourth-order valence-corrected chi connectivity index (χ4v) is 3.76. The highest BCUT2D eigenvalue weighted by Gasteiger charge is 2.28. The Morgan fingerprint density at radius 2 is 1.76 bits per heavy atom. The number of amides is 1. The van der Waals surface area contributed by atoms with Crippen molar-refractivity contribution in [2.75, 3.05) is 25.5 Å².